The van der Waals surface area contributed by atoms with Crippen LogP contribution in [-0.2, 0) is 6.54 Å². The summed E-state index contributed by atoms with van der Waals surface area (Å²) in [5.41, 5.74) is 4.49. The molecule has 0 spiro atoms. The molecule has 0 unspecified atom stereocenters. The Morgan fingerprint density at radius 2 is 1.90 bits per heavy atom. The van der Waals surface area contributed by atoms with E-state index in [0.29, 0.717) is 0 Å². The highest BCUT2D eigenvalue weighted by Gasteiger charge is 2.11. The zero-order chi connectivity index (χ0) is 15.2. The Hall–Kier alpha value is -1.87. The number of hydrogen-bond acceptors (Lipinski definition) is 2. The second-order valence-electron chi connectivity index (χ2n) is 5.13. The Labute approximate surface area is 126 Å². The first-order chi connectivity index (χ1) is 10.2. The van der Waals surface area contributed by atoms with Crippen molar-refractivity contribution in [3.8, 4) is 0 Å². The number of hydrogen-bond donors (Lipinski definition) is 1. The lowest BCUT2D eigenvalue weighted by molar-refractivity contribution is 0.627. The number of halogens is 1. The Bertz CT molecular complexity index is 596. The highest BCUT2D eigenvalue weighted by Crippen LogP contribution is 2.29. The highest BCUT2D eigenvalue weighted by atomic mass is 19.1. The molecule has 21 heavy (non-hydrogen) atoms. The second-order valence-corrected chi connectivity index (χ2v) is 5.13. The summed E-state index contributed by atoms with van der Waals surface area (Å²) in [6, 6.07) is 13.2. The van der Waals surface area contributed by atoms with Gasteiger partial charge in [0.1, 0.15) is 5.82 Å². The molecule has 0 fully saturated rings. The first-order valence-corrected chi connectivity index (χ1v) is 7.49. The standard InChI is InChI=1S/C18H23FN2/c1-4-20-13-15-9-10-18(14(3)11-15)21(5-2)17-8-6-7-16(19)12-17/h6-12,20H,4-5,13H2,1-3H3. The van der Waals surface area contributed by atoms with Gasteiger partial charge in [-0.3, -0.25) is 0 Å². The SMILES string of the molecule is CCNCc1ccc(N(CC)c2cccc(F)c2)c(C)c1. The van der Waals surface area contributed by atoms with E-state index in [1.54, 1.807) is 12.1 Å². The quantitative estimate of drug-likeness (QED) is 0.846. The van der Waals surface area contributed by atoms with Crippen LogP contribution in [0.1, 0.15) is 25.0 Å². The maximum Gasteiger partial charge on any atom is 0.125 e. The van der Waals surface area contributed by atoms with Gasteiger partial charge in [0.15, 0.2) is 0 Å². The minimum absolute atomic E-state index is 0.202. The fourth-order valence-corrected chi connectivity index (χ4v) is 2.54. The third-order valence-corrected chi connectivity index (χ3v) is 3.57. The van der Waals surface area contributed by atoms with Gasteiger partial charge in [0, 0.05) is 24.5 Å². The van der Waals surface area contributed by atoms with Crippen molar-refractivity contribution in [1.29, 1.82) is 0 Å². The first kappa shape index (κ1) is 15.5. The van der Waals surface area contributed by atoms with Crippen LogP contribution in [0.15, 0.2) is 42.5 Å². The Morgan fingerprint density at radius 3 is 2.52 bits per heavy atom. The third-order valence-electron chi connectivity index (χ3n) is 3.57. The van der Waals surface area contributed by atoms with Crippen molar-refractivity contribution in [2.45, 2.75) is 27.3 Å². The summed E-state index contributed by atoms with van der Waals surface area (Å²) in [5.74, 6) is -0.202. The van der Waals surface area contributed by atoms with Crippen LogP contribution in [0.2, 0.25) is 0 Å². The van der Waals surface area contributed by atoms with Gasteiger partial charge in [0.25, 0.3) is 0 Å². The molecule has 112 valence electrons. The zero-order valence-electron chi connectivity index (χ0n) is 13.0. The minimum Gasteiger partial charge on any atom is -0.341 e. The van der Waals surface area contributed by atoms with E-state index in [1.807, 2.05) is 6.07 Å². The summed E-state index contributed by atoms with van der Waals surface area (Å²) < 4.78 is 13.4. The Morgan fingerprint density at radius 1 is 1.10 bits per heavy atom. The number of rotatable bonds is 6. The van der Waals surface area contributed by atoms with Gasteiger partial charge in [-0.05, 0) is 55.8 Å². The van der Waals surface area contributed by atoms with Crippen LogP contribution in [0, 0.1) is 12.7 Å². The summed E-state index contributed by atoms with van der Waals surface area (Å²) in [6.45, 7) is 8.93. The molecule has 0 aromatic heterocycles. The van der Waals surface area contributed by atoms with Crippen LogP contribution in [-0.4, -0.2) is 13.1 Å². The van der Waals surface area contributed by atoms with E-state index in [4.69, 9.17) is 0 Å². The maximum atomic E-state index is 13.4. The molecule has 3 heteroatoms. The van der Waals surface area contributed by atoms with Gasteiger partial charge in [0.05, 0.1) is 0 Å². The van der Waals surface area contributed by atoms with Crippen LogP contribution < -0.4 is 10.2 Å². The van der Waals surface area contributed by atoms with Crippen molar-refractivity contribution in [2.75, 3.05) is 18.0 Å². The molecule has 0 heterocycles. The average molecular weight is 286 g/mol. The summed E-state index contributed by atoms with van der Waals surface area (Å²) in [5, 5.41) is 3.33. The number of anilines is 2. The van der Waals surface area contributed by atoms with E-state index in [9.17, 15) is 4.39 Å². The maximum absolute atomic E-state index is 13.4. The third kappa shape index (κ3) is 3.82. The van der Waals surface area contributed by atoms with Gasteiger partial charge in [-0.1, -0.05) is 25.1 Å². The summed E-state index contributed by atoms with van der Waals surface area (Å²) in [4.78, 5) is 2.13. The molecule has 2 aromatic carbocycles. The zero-order valence-corrected chi connectivity index (χ0v) is 13.0. The Balaban J connectivity index is 2.30. The van der Waals surface area contributed by atoms with E-state index in [1.165, 1.54) is 17.2 Å². The van der Waals surface area contributed by atoms with E-state index < -0.39 is 0 Å². The van der Waals surface area contributed by atoms with E-state index in [0.717, 1.165) is 31.0 Å². The lowest BCUT2D eigenvalue weighted by Crippen LogP contribution is -2.18. The number of nitrogens with zero attached hydrogens (tertiary/aromatic N) is 1. The van der Waals surface area contributed by atoms with E-state index >= 15 is 0 Å². The summed E-state index contributed by atoms with van der Waals surface area (Å²) >= 11 is 0. The monoisotopic (exact) mass is 286 g/mol. The fraction of sp³-hybridized carbons (Fsp3) is 0.333. The van der Waals surface area contributed by atoms with Gasteiger partial charge >= 0.3 is 0 Å². The number of benzene rings is 2. The number of nitrogens with one attached hydrogen (secondary N) is 1. The summed E-state index contributed by atoms with van der Waals surface area (Å²) in [7, 11) is 0. The minimum atomic E-state index is -0.202. The van der Waals surface area contributed by atoms with Gasteiger partial charge in [0.2, 0.25) is 0 Å². The molecule has 0 amide bonds. The van der Waals surface area contributed by atoms with Crippen LogP contribution >= 0.6 is 0 Å². The molecule has 1 N–H and O–H groups in total. The van der Waals surface area contributed by atoms with Crippen LogP contribution in [0.25, 0.3) is 0 Å². The molecule has 2 aromatic rings. The molecule has 0 saturated carbocycles. The van der Waals surface area contributed by atoms with Gasteiger partial charge in [-0.2, -0.15) is 0 Å². The normalized spacial score (nSPS) is 10.7. The van der Waals surface area contributed by atoms with Gasteiger partial charge in [-0.25, -0.2) is 4.39 Å². The topological polar surface area (TPSA) is 15.3 Å². The Kier molecular flexibility index (Phi) is 5.34. The van der Waals surface area contributed by atoms with Crippen molar-refractivity contribution in [1.82, 2.24) is 5.32 Å². The van der Waals surface area contributed by atoms with E-state index in [-0.39, 0.29) is 5.82 Å². The molecule has 0 saturated heterocycles. The molecule has 0 aliphatic heterocycles. The second kappa shape index (κ2) is 7.23. The smallest absolute Gasteiger partial charge is 0.125 e. The van der Waals surface area contributed by atoms with Crippen LogP contribution in [0.3, 0.4) is 0 Å². The molecule has 0 aliphatic carbocycles. The van der Waals surface area contributed by atoms with Crippen molar-refractivity contribution >= 4 is 11.4 Å². The molecule has 2 nitrogen and oxygen atoms in total. The van der Waals surface area contributed by atoms with Crippen LogP contribution in [0.4, 0.5) is 15.8 Å². The van der Waals surface area contributed by atoms with Gasteiger partial charge in [-0.15, -0.1) is 0 Å². The van der Waals surface area contributed by atoms with Crippen molar-refractivity contribution < 1.29 is 4.39 Å². The van der Waals surface area contributed by atoms with Crippen molar-refractivity contribution in [3.05, 3.63) is 59.4 Å². The lowest BCUT2D eigenvalue weighted by Gasteiger charge is -2.25. The lowest BCUT2D eigenvalue weighted by atomic mass is 10.1. The summed E-state index contributed by atoms with van der Waals surface area (Å²) in [6.07, 6.45) is 0. The molecule has 0 aliphatic rings. The molecule has 0 bridgehead atoms. The number of aryl methyl sites for hydroxylation is 1. The molecular weight excluding hydrogens is 263 g/mol. The first-order valence-electron chi connectivity index (χ1n) is 7.49. The average Bonchev–Trinajstić information content (AvgIpc) is 2.48. The van der Waals surface area contributed by atoms with E-state index in [2.05, 4.69) is 49.2 Å². The molecule has 0 radical (unpaired) electrons. The molecule has 0 atom stereocenters. The van der Waals surface area contributed by atoms with Crippen molar-refractivity contribution in [2.24, 2.45) is 0 Å². The highest BCUT2D eigenvalue weighted by molar-refractivity contribution is 5.66. The fourth-order valence-electron chi connectivity index (χ4n) is 2.54. The van der Waals surface area contributed by atoms with Crippen molar-refractivity contribution in [3.63, 3.8) is 0 Å². The van der Waals surface area contributed by atoms with Crippen LogP contribution in [0.5, 0.6) is 0 Å². The predicted octanol–water partition coefficient (Wildman–Crippen LogP) is 4.40. The molecular formula is C18H23FN2. The molecule has 2 rings (SSSR count). The largest absolute Gasteiger partial charge is 0.341 e. The predicted molar refractivity (Wildman–Crippen MR) is 87.6 cm³/mol. The van der Waals surface area contributed by atoms with Gasteiger partial charge < -0.3 is 10.2 Å².